The summed E-state index contributed by atoms with van der Waals surface area (Å²) in [6.07, 6.45) is -0.775. The van der Waals surface area contributed by atoms with E-state index in [2.05, 4.69) is 0 Å². The van der Waals surface area contributed by atoms with Crippen molar-refractivity contribution in [3.8, 4) is 0 Å². The Morgan fingerprint density at radius 3 is 2.56 bits per heavy atom. The van der Waals surface area contributed by atoms with Crippen LogP contribution < -0.4 is 0 Å². The van der Waals surface area contributed by atoms with Crippen LogP contribution in [0.15, 0.2) is 41.5 Å². The van der Waals surface area contributed by atoms with Crippen molar-refractivity contribution in [3.05, 3.63) is 58.4 Å². The molecule has 2 rings (SSSR count). The van der Waals surface area contributed by atoms with Crippen LogP contribution in [-0.4, -0.2) is 23.8 Å². The average Bonchev–Trinajstić information content (AvgIpc) is 2.50. The zero-order valence-electron chi connectivity index (χ0n) is 14.5. The van der Waals surface area contributed by atoms with Crippen LogP contribution in [-0.2, 0) is 17.5 Å². The molecule has 0 saturated heterocycles. The molecule has 6 heteroatoms. The zero-order valence-corrected chi connectivity index (χ0v) is 14.5. The van der Waals surface area contributed by atoms with Crippen molar-refractivity contribution in [3.63, 3.8) is 0 Å². The summed E-state index contributed by atoms with van der Waals surface area (Å²) in [6, 6.07) is 2.58. The average molecular weight is 355 g/mol. The summed E-state index contributed by atoms with van der Waals surface area (Å²) in [7, 11) is 0. The Hall–Kier alpha value is -1.95. The molecular weight excluding hydrogens is 334 g/mol. The van der Waals surface area contributed by atoms with E-state index in [0.29, 0.717) is 24.7 Å². The van der Waals surface area contributed by atoms with Crippen LogP contribution in [0.3, 0.4) is 0 Å². The van der Waals surface area contributed by atoms with Gasteiger partial charge >= 0.3 is 6.18 Å². The molecule has 0 spiro atoms. The molecule has 0 aliphatic carbocycles. The Morgan fingerprint density at radius 1 is 1.36 bits per heavy atom. The number of hydrogen-bond acceptors (Lipinski definition) is 2. The maximum absolute atomic E-state index is 14.1. The standard InChI is InChI=1S/C19H21F4NO/c1-4-5-16-12(2)9-24(11-17(16)13(3)25)10-14-6-7-15(8-18(14)20)19(21,22)23/h4-8,12H,9-11H2,1-3H3/b5-4-. The van der Waals surface area contributed by atoms with Gasteiger partial charge in [0.2, 0.25) is 0 Å². The Morgan fingerprint density at radius 2 is 2.04 bits per heavy atom. The third kappa shape index (κ3) is 4.57. The van der Waals surface area contributed by atoms with E-state index in [1.165, 1.54) is 13.0 Å². The minimum Gasteiger partial charge on any atom is -0.295 e. The van der Waals surface area contributed by atoms with E-state index in [1.807, 2.05) is 30.9 Å². The highest BCUT2D eigenvalue weighted by atomic mass is 19.4. The molecule has 0 radical (unpaired) electrons. The highest BCUT2D eigenvalue weighted by molar-refractivity contribution is 5.95. The molecule has 136 valence electrons. The van der Waals surface area contributed by atoms with Crippen LogP contribution in [0.25, 0.3) is 0 Å². The molecule has 2 nitrogen and oxygen atoms in total. The maximum atomic E-state index is 14.1. The van der Waals surface area contributed by atoms with Crippen molar-refractivity contribution in [2.75, 3.05) is 13.1 Å². The molecule has 1 aliphatic rings. The van der Waals surface area contributed by atoms with Crippen LogP contribution in [0.2, 0.25) is 0 Å². The molecule has 1 heterocycles. The quantitative estimate of drug-likeness (QED) is 0.726. The molecule has 1 aromatic carbocycles. The van der Waals surface area contributed by atoms with Gasteiger partial charge in [-0.1, -0.05) is 25.1 Å². The lowest BCUT2D eigenvalue weighted by molar-refractivity contribution is -0.137. The van der Waals surface area contributed by atoms with E-state index in [9.17, 15) is 22.4 Å². The minimum absolute atomic E-state index is 0.0439. The molecule has 0 N–H and O–H groups in total. The molecule has 1 aromatic rings. The fourth-order valence-electron chi connectivity index (χ4n) is 3.13. The molecule has 0 aromatic heterocycles. The van der Waals surface area contributed by atoms with Crippen LogP contribution in [0.4, 0.5) is 17.6 Å². The topological polar surface area (TPSA) is 20.3 Å². The number of allylic oxidation sites excluding steroid dienone is 2. The molecule has 0 bridgehead atoms. The predicted octanol–water partition coefficient (Wildman–Crippen LogP) is 4.76. The number of Topliss-reactive ketones (excluding diaryl/α,β-unsaturated/α-hetero) is 1. The fraction of sp³-hybridized carbons (Fsp3) is 0.421. The van der Waals surface area contributed by atoms with Gasteiger partial charge < -0.3 is 0 Å². The number of ketones is 1. The van der Waals surface area contributed by atoms with Crippen molar-refractivity contribution in [1.29, 1.82) is 0 Å². The number of carbonyl (C=O) groups is 1. The fourth-order valence-corrected chi connectivity index (χ4v) is 3.13. The summed E-state index contributed by atoms with van der Waals surface area (Å²) in [6.45, 7) is 6.48. The number of rotatable bonds is 4. The SMILES string of the molecule is C/C=C\C1=C(C(C)=O)CN(Cc2ccc(C(F)(F)F)cc2F)CC1C. The summed E-state index contributed by atoms with van der Waals surface area (Å²) in [4.78, 5) is 13.8. The molecule has 0 saturated carbocycles. The minimum atomic E-state index is -4.56. The Labute approximate surface area is 144 Å². The summed E-state index contributed by atoms with van der Waals surface area (Å²) in [5.74, 6) is -0.839. The monoisotopic (exact) mass is 355 g/mol. The highest BCUT2D eigenvalue weighted by Gasteiger charge is 2.31. The van der Waals surface area contributed by atoms with Crippen molar-refractivity contribution in [2.24, 2.45) is 5.92 Å². The first-order chi connectivity index (χ1) is 11.6. The first kappa shape index (κ1) is 19.4. The van der Waals surface area contributed by atoms with Gasteiger partial charge in [0.1, 0.15) is 5.82 Å². The first-order valence-corrected chi connectivity index (χ1v) is 8.08. The van der Waals surface area contributed by atoms with E-state index in [-0.39, 0.29) is 23.8 Å². The number of benzene rings is 1. The Bertz CT molecular complexity index is 719. The molecule has 1 unspecified atom stereocenters. The summed E-state index contributed by atoms with van der Waals surface area (Å²) < 4.78 is 52.0. The second-order valence-corrected chi connectivity index (χ2v) is 6.36. The maximum Gasteiger partial charge on any atom is 0.416 e. The molecule has 0 fully saturated rings. The van der Waals surface area contributed by atoms with E-state index in [1.54, 1.807) is 0 Å². The lowest BCUT2D eigenvalue weighted by Crippen LogP contribution is -2.37. The van der Waals surface area contributed by atoms with E-state index < -0.39 is 17.6 Å². The Balaban J connectivity index is 2.24. The number of carbonyl (C=O) groups excluding carboxylic acids is 1. The summed E-state index contributed by atoms with van der Waals surface area (Å²) in [5.41, 5.74) is 0.835. The number of nitrogens with zero attached hydrogens (tertiary/aromatic N) is 1. The van der Waals surface area contributed by atoms with Gasteiger partial charge in [-0.25, -0.2) is 4.39 Å². The van der Waals surface area contributed by atoms with Gasteiger partial charge in [0, 0.05) is 30.8 Å². The van der Waals surface area contributed by atoms with Crippen LogP contribution in [0, 0.1) is 11.7 Å². The molecular formula is C19H21F4NO. The second kappa shape index (κ2) is 7.52. The van der Waals surface area contributed by atoms with E-state index in [4.69, 9.17) is 0 Å². The normalized spacial score (nSPS) is 19.7. The lowest BCUT2D eigenvalue weighted by atomic mass is 9.88. The van der Waals surface area contributed by atoms with E-state index >= 15 is 0 Å². The van der Waals surface area contributed by atoms with Gasteiger partial charge in [-0.3, -0.25) is 9.69 Å². The predicted molar refractivity (Wildman–Crippen MR) is 88.4 cm³/mol. The molecule has 1 atom stereocenters. The first-order valence-electron chi connectivity index (χ1n) is 8.08. The molecule has 1 aliphatic heterocycles. The summed E-state index contributed by atoms with van der Waals surface area (Å²) >= 11 is 0. The largest absolute Gasteiger partial charge is 0.416 e. The van der Waals surface area contributed by atoms with Crippen LogP contribution in [0.5, 0.6) is 0 Å². The molecule has 25 heavy (non-hydrogen) atoms. The lowest BCUT2D eigenvalue weighted by Gasteiger charge is -2.33. The van der Waals surface area contributed by atoms with Crippen molar-refractivity contribution < 1.29 is 22.4 Å². The smallest absolute Gasteiger partial charge is 0.295 e. The summed E-state index contributed by atoms with van der Waals surface area (Å²) in [5, 5.41) is 0. The number of halogens is 4. The third-order valence-electron chi connectivity index (χ3n) is 4.34. The van der Waals surface area contributed by atoms with Gasteiger partial charge in [0.25, 0.3) is 0 Å². The van der Waals surface area contributed by atoms with Gasteiger partial charge in [0.05, 0.1) is 5.56 Å². The van der Waals surface area contributed by atoms with E-state index in [0.717, 1.165) is 11.6 Å². The van der Waals surface area contributed by atoms with Gasteiger partial charge in [0.15, 0.2) is 5.78 Å². The highest BCUT2D eigenvalue weighted by Crippen LogP contribution is 2.31. The second-order valence-electron chi connectivity index (χ2n) is 6.36. The van der Waals surface area contributed by atoms with Gasteiger partial charge in [-0.05, 0) is 37.5 Å². The van der Waals surface area contributed by atoms with Gasteiger partial charge in [-0.2, -0.15) is 13.2 Å². The third-order valence-corrected chi connectivity index (χ3v) is 4.34. The van der Waals surface area contributed by atoms with Crippen LogP contribution in [0.1, 0.15) is 31.9 Å². The number of hydrogen-bond donors (Lipinski definition) is 0. The number of alkyl halides is 3. The van der Waals surface area contributed by atoms with Crippen molar-refractivity contribution in [1.82, 2.24) is 4.90 Å². The van der Waals surface area contributed by atoms with Crippen LogP contribution >= 0.6 is 0 Å². The molecule has 0 amide bonds. The van der Waals surface area contributed by atoms with Crippen molar-refractivity contribution in [2.45, 2.75) is 33.5 Å². The zero-order chi connectivity index (χ0) is 18.8. The van der Waals surface area contributed by atoms with Crippen molar-refractivity contribution >= 4 is 5.78 Å². The Kier molecular flexibility index (Phi) is 5.83. The van der Waals surface area contributed by atoms with Gasteiger partial charge in [-0.15, -0.1) is 0 Å².